The van der Waals surface area contributed by atoms with Crippen LogP contribution in [-0.2, 0) is 17.7 Å². The average molecular weight is 505 g/mol. The van der Waals surface area contributed by atoms with E-state index in [1.807, 2.05) is 0 Å². The second-order valence-corrected chi connectivity index (χ2v) is 11.3. The molecule has 2 unspecified atom stereocenters. The average Bonchev–Trinajstić information content (AvgIpc) is 3.14. The molecule has 0 amide bonds. The highest BCUT2D eigenvalue weighted by Gasteiger charge is 2.71. The molecule has 0 aliphatic carbocycles. The van der Waals surface area contributed by atoms with E-state index in [4.69, 9.17) is 0 Å². The van der Waals surface area contributed by atoms with Crippen molar-refractivity contribution in [2.75, 3.05) is 0 Å². The molecule has 0 fully saturated rings. The van der Waals surface area contributed by atoms with Crippen LogP contribution in [0.25, 0.3) is 22.5 Å². The van der Waals surface area contributed by atoms with Crippen LogP contribution in [0.4, 0.5) is 0 Å². The minimum absolute atomic E-state index is 0.0917. The SMILES string of the molecule is CCC1(CC)c2ccccc2-c2cccc[n+]2C[N+]12C(C)[n+]1ccccc1-c1ccccc1C2(CC)CC. The largest absolute Gasteiger partial charge is 0.288 e. The fourth-order valence-electron chi connectivity index (χ4n) is 8.87. The van der Waals surface area contributed by atoms with Gasteiger partial charge in [-0.05, 0) is 24.3 Å². The number of nitrogens with zero attached hydrogens (tertiary/aromatic N) is 3. The van der Waals surface area contributed by atoms with Gasteiger partial charge in [0.05, 0.1) is 18.1 Å². The zero-order chi connectivity index (χ0) is 26.5. The molecule has 3 heteroatoms. The maximum absolute atomic E-state index is 2.60. The zero-order valence-corrected chi connectivity index (χ0v) is 23.7. The first-order valence-corrected chi connectivity index (χ1v) is 14.6. The van der Waals surface area contributed by atoms with E-state index in [0.29, 0.717) is 0 Å². The van der Waals surface area contributed by atoms with Gasteiger partial charge in [-0.25, -0.2) is 0 Å². The lowest BCUT2D eigenvalue weighted by Gasteiger charge is -2.59. The van der Waals surface area contributed by atoms with Crippen LogP contribution >= 0.6 is 0 Å². The van der Waals surface area contributed by atoms with Gasteiger partial charge < -0.3 is 0 Å². The van der Waals surface area contributed by atoms with Gasteiger partial charge in [0.15, 0.2) is 12.4 Å². The Kier molecular flexibility index (Phi) is 6.03. The van der Waals surface area contributed by atoms with Crippen LogP contribution in [0, 0.1) is 0 Å². The van der Waals surface area contributed by atoms with E-state index in [9.17, 15) is 0 Å². The molecule has 0 saturated carbocycles. The van der Waals surface area contributed by atoms with E-state index in [1.54, 1.807) is 0 Å². The summed E-state index contributed by atoms with van der Waals surface area (Å²) in [7, 11) is 0. The topological polar surface area (TPSA) is 7.76 Å². The van der Waals surface area contributed by atoms with E-state index in [1.165, 1.54) is 33.6 Å². The van der Waals surface area contributed by atoms with Gasteiger partial charge in [-0.15, -0.1) is 9.13 Å². The van der Waals surface area contributed by atoms with Gasteiger partial charge in [0.1, 0.15) is 11.1 Å². The fraction of sp³-hybridized carbons (Fsp3) is 0.371. The van der Waals surface area contributed by atoms with Crippen molar-refractivity contribution >= 4 is 0 Å². The Morgan fingerprint density at radius 2 is 1.11 bits per heavy atom. The summed E-state index contributed by atoms with van der Waals surface area (Å²) in [5.74, 6) is 0. The third-order valence-corrected chi connectivity index (χ3v) is 10.5. The number of fused-ring (bicyclic) bond motifs is 6. The number of benzene rings is 2. The molecular weight excluding hydrogens is 462 g/mol. The summed E-state index contributed by atoms with van der Waals surface area (Å²) in [5, 5.41) is 0. The molecule has 2 aromatic heterocycles. The molecule has 4 heterocycles. The van der Waals surface area contributed by atoms with Crippen molar-refractivity contribution in [3.63, 3.8) is 0 Å². The first kappa shape index (κ1) is 25.0. The van der Waals surface area contributed by atoms with Gasteiger partial charge in [0.2, 0.25) is 11.4 Å². The lowest BCUT2D eigenvalue weighted by molar-refractivity contribution is -1.20. The van der Waals surface area contributed by atoms with Crippen LogP contribution in [-0.4, -0.2) is 4.48 Å². The van der Waals surface area contributed by atoms with Crippen LogP contribution in [0.5, 0.6) is 0 Å². The molecule has 6 rings (SSSR count). The van der Waals surface area contributed by atoms with Gasteiger partial charge in [-0.3, -0.25) is 0 Å². The second kappa shape index (κ2) is 9.17. The Bertz CT molecular complexity index is 1450. The number of aromatic nitrogens is 2. The molecule has 38 heavy (non-hydrogen) atoms. The van der Waals surface area contributed by atoms with E-state index >= 15 is 0 Å². The molecule has 4 aromatic rings. The first-order valence-electron chi connectivity index (χ1n) is 14.6. The van der Waals surface area contributed by atoms with Crippen molar-refractivity contribution in [3.8, 4) is 22.5 Å². The third kappa shape index (κ3) is 2.94. The molecule has 0 bridgehead atoms. The molecule has 2 atom stereocenters. The molecule has 0 N–H and O–H groups in total. The summed E-state index contributed by atoms with van der Waals surface area (Å²) in [4.78, 5) is 0. The van der Waals surface area contributed by atoms with Gasteiger partial charge >= 0.3 is 0 Å². The highest BCUT2D eigenvalue weighted by Crippen LogP contribution is 2.61. The third-order valence-electron chi connectivity index (χ3n) is 10.5. The highest BCUT2D eigenvalue weighted by atomic mass is 15.6. The standard InChI is InChI=1S/C35H42N3/c1-6-34(7-2)30-20-12-10-18-28(30)32-22-14-16-24-36(32)26-38(34)27(5)37-25-17-15-23-33(37)29-19-11-13-21-31(29)35(38,8-3)9-4/h10-25,27H,6-9,26H2,1-5H3/q+3. The number of quaternary nitrogens is 1. The minimum atomic E-state index is -0.0917. The minimum Gasteiger partial charge on any atom is -0.194 e. The van der Waals surface area contributed by atoms with Crippen molar-refractivity contribution in [2.45, 2.75) is 84.2 Å². The van der Waals surface area contributed by atoms with Crippen LogP contribution in [0.2, 0.25) is 0 Å². The molecule has 2 aliphatic heterocycles. The normalized spacial score (nSPS) is 22.4. The molecule has 0 radical (unpaired) electrons. The van der Waals surface area contributed by atoms with E-state index in [2.05, 4.69) is 141 Å². The summed E-state index contributed by atoms with van der Waals surface area (Å²) in [6.45, 7) is 13.2. The van der Waals surface area contributed by atoms with Gasteiger partial charge in [0.25, 0.3) is 12.8 Å². The van der Waals surface area contributed by atoms with E-state index in [-0.39, 0.29) is 17.2 Å². The van der Waals surface area contributed by atoms with Crippen molar-refractivity contribution in [1.29, 1.82) is 0 Å². The molecule has 194 valence electrons. The highest BCUT2D eigenvalue weighted by molar-refractivity contribution is 5.65. The predicted molar refractivity (Wildman–Crippen MR) is 154 cm³/mol. The maximum Gasteiger partial charge on any atom is 0.288 e. The van der Waals surface area contributed by atoms with Crippen molar-refractivity contribution in [1.82, 2.24) is 0 Å². The Labute approximate surface area is 228 Å². The zero-order valence-electron chi connectivity index (χ0n) is 23.7. The second-order valence-electron chi connectivity index (χ2n) is 11.3. The Morgan fingerprint density at radius 1 is 0.632 bits per heavy atom. The molecule has 3 nitrogen and oxygen atoms in total. The summed E-state index contributed by atoms with van der Waals surface area (Å²) < 4.78 is 6.13. The lowest BCUT2D eigenvalue weighted by atomic mass is 9.69. The maximum atomic E-state index is 2.60. The summed E-state index contributed by atoms with van der Waals surface area (Å²) >= 11 is 0. The predicted octanol–water partition coefficient (Wildman–Crippen LogP) is 7.65. The van der Waals surface area contributed by atoms with Crippen LogP contribution in [0.1, 0.15) is 77.6 Å². The summed E-state index contributed by atoms with van der Waals surface area (Å²) in [6.07, 6.45) is 9.17. The summed E-state index contributed by atoms with van der Waals surface area (Å²) in [5.41, 5.74) is 8.24. The Morgan fingerprint density at radius 3 is 1.68 bits per heavy atom. The van der Waals surface area contributed by atoms with Gasteiger partial charge in [-0.1, -0.05) is 64.1 Å². The van der Waals surface area contributed by atoms with Gasteiger partial charge in [0, 0.05) is 61.1 Å². The molecule has 2 aromatic carbocycles. The molecule has 0 saturated heterocycles. The van der Waals surface area contributed by atoms with Crippen LogP contribution < -0.4 is 9.13 Å². The molecular formula is C35H42N3+3. The number of hydrogen-bond acceptors (Lipinski definition) is 0. The first-order chi connectivity index (χ1) is 18.5. The lowest BCUT2D eigenvalue weighted by Crippen LogP contribution is -2.77. The van der Waals surface area contributed by atoms with Crippen molar-refractivity contribution in [3.05, 3.63) is 108 Å². The number of rotatable bonds is 4. The molecule has 2 aliphatic rings. The van der Waals surface area contributed by atoms with Crippen molar-refractivity contribution in [2.24, 2.45) is 0 Å². The summed E-state index contributed by atoms with van der Waals surface area (Å²) in [6, 6.07) is 32.1. The monoisotopic (exact) mass is 504 g/mol. The van der Waals surface area contributed by atoms with E-state index < -0.39 is 0 Å². The van der Waals surface area contributed by atoms with Crippen LogP contribution in [0.15, 0.2) is 97.3 Å². The quantitative estimate of drug-likeness (QED) is 0.199. The Balaban J connectivity index is 1.87. The van der Waals surface area contributed by atoms with E-state index in [0.717, 1.165) is 36.8 Å². The fourth-order valence-corrected chi connectivity index (χ4v) is 8.87. The van der Waals surface area contributed by atoms with Crippen molar-refractivity contribution < 1.29 is 13.6 Å². The number of hydrogen-bond donors (Lipinski definition) is 0. The van der Waals surface area contributed by atoms with Gasteiger partial charge in [-0.2, -0.15) is 4.48 Å². The number of pyridine rings is 2. The molecule has 1 spiro atoms. The Hall–Kier alpha value is -3.30. The van der Waals surface area contributed by atoms with Crippen LogP contribution in [0.3, 0.4) is 0 Å². The smallest absolute Gasteiger partial charge is 0.194 e.